The Labute approximate surface area is 93.4 Å². The number of hydrogen-bond acceptors (Lipinski definition) is 8. The molecule has 16 heavy (non-hydrogen) atoms. The van der Waals surface area contributed by atoms with Gasteiger partial charge in [0.1, 0.15) is 4.68 Å². The zero-order chi connectivity index (χ0) is 12.5. The number of rotatable bonds is 1. The minimum Gasteiger partial charge on any atom is -0.461 e. The van der Waals surface area contributed by atoms with Gasteiger partial charge in [-0.2, -0.15) is 0 Å². The van der Waals surface area contributed by atoms with Gasteiger partial charge < -0.3 is 30.6 Å². The van der Waals surface area contributed by atoms with Crippen LogP contribution >= 0.6 is 15.9 Å². The highest BCUT2D eigenvalue weighted by atomic mass is 79.9. The normalized spacial score (nSPS) is 12.1. The molecule has 0 aliphatic rings. The molecule has 1 rings (SSSR count). The van der Waals surface area contributed by atoms with Gasteiger partial charge in [-0.3, -0.25) is 0 Å². The van der Waals surface area contributed by atoms with Gasteiger partial charge in [0.25, 0.3) is 0 Å². The van der Waals surface area contributed by atoms with Crippen LogP contribution in [0.1, 0.15) is 0 Å². The summed E-state index contributed by atoms with van der Waals surface area (Å²) in [4.78, 5) is 20.4. The smallest absolute Gasteiger partial charge is 0.461 e. The predicted molar refractivity (Wildman–Crippen MR) is 47.2 cm³/mol. The third-order valence-electron chi connectivity index (χ3n) is 1.24. The molecule has 1 aromatic heterocycles. The quantitative estimate of drug-likeness (QED) is 0.178. The molecule has 0 saturated carbocycles. The van der Waals surface area contributed by atoms with E-state index in [4.69, 9.17) is 5.21 Å². The van der Waals surface area contributed by atoms with E-state index in [1.807, 2.05) is 0 Å². The molecule has 0 aromatic carbocycles. The molecule has 0 aliphatic carbocycles. The van der Waals surface area contributed by atoms with E-state index in [0.717, 1.165) is 0 Å². The van der Waals surface area contributed by atoms with Crippen molar-refractivity contribution in [1.29, 1.82) is 0 Å². The van der Waals surface area contributed by atoms with Crippen molar-refractivity contribution in [1.82, 2.24) is 14.8 Å². The third-order valence-corrected chi connectivity index (χ3v) is 1.76. The Balaban J connectivity index is 3.38. The van der Waals surface area contributed by atoms with Crippen molar-refractivity contribution < 1.29 is 20.0 Å². The highest BCUT2D eigenvalue weighted by Crippen LogP contribution is 2.11. The molecule has 0 spiro atoms. The van der Waals surface area contributed by atoms with Crippen molar-refractivity contribution in [3.63, 3.8) is 0 Å². The van der Waals surface area contributed by atoms with E-state index in [9.17, 15) is 25.4 Å². The molecule has 86 valence electrons. The summed E-state index contributed by atoms with van der Waals surface area (Å²) in [7, 11) is 0. The monoisotopic (exact) mass is 296 g/mol. The number of hydrogen-bond donors (Lipinski definition) is 1. The van der Waals surface area contributed by atoms with Crippen LogP contribution in [0, 0.1) is 25.4 Å². The molecule has 0 atom stereocenters. The molecular formula is C3HBrN6O6. The summed E-state index contributed by atoms with van der Waals surface area (Å²) in [6.45, 7) is 0. The Morgan fingerprint density at radius 3 is 2.25 bits per heavy atom. The van der Waals surface area contributed by atoms with Gasteiger partial charge in [0.2, 0.25) is 0 Å². The molecule has 0 amide bonds. The van der Waals surface area contributed by atoms with E-state index in [1.165, 1.54) is 0 Å². The average Bonchev–Trinajstić information content (AvgIpc) is 2.47. The first kappa shape index (κ1) is 11.8. The Hall–Kier alpha value is -2.31. The molecular weight excluding hydrogens is 296 g/mol. The SMILES string of the molecule is O=[N+]([O-])/C(n1nc([N+](=O)[O-])nc1Br)=[N+](\[O-])O. The van der Waals surface area contributed by atoms with E-state index in [-0.39, 0.29) is 4.68 Å². The lowest BCUT2D eigenvalue weighted by molar-refractivity contribution is -0.749. The molecule has 0 saturated heterocycles. The Morgan fingerprint density at radius 1 is 1.38 bits per heavy atom. The lowest BCUT2D eigenvalue weighted by Gasteiger charge is -1.90. The van der Waals surface area contributed by atoms with E-state index in [0.29, 0.717) is 0 Å². The minimum absolute atomic E-state index is 0.172. The largest absolute Gasteiger partial charge is 0.668 e. The van der Waals surface area contributed by atoms with Gasteiger partial charge in [-0.15, -0.1) is 0 Å². The van der Waals surface area contributed by atoms with Gasteiger partial charge in [0.05, 0.1) is 25.8 Å². The Bertz CT molecular complexity index is 488. The van der Waals surface area contributed by atoms with Gasteiger partial charge in [0.15, 0.2) is 5.10 Å². The molecule has 0 unspecified atom stereocenters. The van der Waals surface area contributed by atoms with E-state index in [2.05, 4.69) is 26.0 Å². The molecule has 0 radical (unpaired) electrons. The van der Waals surface area contributed by atoms with Crippen molar-refractivity contribution >= 4 is 27.8 Å². The van der Waals surface area contributed by atoms with E-state index in [1.54, 1.807) is 0 Å². The first-order chi connectivity index (χ1) is 7.34. The number of halogens is 1. The first-order valence-corrected chi connectivity index (χ1v) is 4.08. The summed E-state index contributed by atoms with van der Waals surface area (Å²) >= 11 is 2.61. The maximum absolute atomic E-state index is 10.4. The zero-order valence-corrected chi connectivity index (χ0v) is 8.64. The fraction of sp³-hybridized carbons (Fsp3) is 0. The van der Waals surface area contributed by atoms with E-state index < -0.39 is 31.4 Å². The first-order valence-electron chi connectivity index (χ1n) is 3.29. The molecule has 0 fully saturated rings. The molecule has 13 heteroatoms. The van der Waals surface area contributed by atoms with Gasteiger partial charge in [-0.1, -0.05) is 0 Å². The number of nitro groups is 2. The fourth-order valence-corrected chi connectivity index (χ4v) is 1.11. The zero-order valence-electron chi connectivity index (χ0n) is 7.05. The molecule has 1 N–H and O–H groups in total. The molecule has 12 nitrogen and oxygen atoms in total. The van der Waals surface area contributed by atoms with Crippen LogP contribution in [0.4, 0.5) is 5.95 Å². The van der Waals surface area contributed by atoms with Crippen LogP contribution in [0.2, 0.25) is 0 Å². The molecule has 0 aliphatic heterocycles. The van der Waals surface area contributed by atoms with Crippen LogP contribution in [0.25, 0.3) is 0 Å². The van der Waals surface area contributed by atoms with Gasteiger partial charge >= 0.3 is 16.6 Å². The van der Waals surface area contributed by atoms with Crippen molar-refractivity contribution in [3.05, 3.63) is 30.2 Å². The number of nitrogens with zero attached hydrogens (tertiary/aromatic N) is 6. The van der Waals surface area contributed by atoms with Crippen molar-refractivity contribution in [2.75, 3.05) is 0 Å². The Kier molecular flexibility index (Phi) is 2.98. The topological polar surface area (TPSA) is 163 Å². The number of aromatic nitrogens is 3. The maximum Gasteiger partial charge on any atom is 0.668 e. The van der Waals surface area contributed by atoms with Gasteiger partial charge in [0, 0.05) is 4.98 Å². The fourth-order valence-electron chi connectivity index (χ4n) is 0.716. The molecule has 1 heterocycles. The lowest BCUT2D eigenvalue weighted by atomic mass is 11.0. The molecule has 0 bridgehead atoms. The van der Waals surface area contributed by atoms with E-state index >= 15 is 0 Å². The van der Waals surface area contributed by atoms with Crippen molar-refractivity contribution in [3.8, 4) is 0 Å². The predicted octanol–water partition coefficient (Wildman–Crippen LogP) is -0.671. The second-order valence-corrected chi connectivity index (χ2v) is 2.89. The lowest BCUT2D eigenvalue weighted by Crippen LogP contribution is -2.31. The second kappa shape index (κ2) is 4.05. The summed E-state index contributed by atoms with van der Waals surface area (Å²) in [5.41, 5.74) is 0. The van der Waals surface area contributed by atoms with Crippen LogP contribution in [-0.4, -0.2) is 40.7 Å². The van der Waals surface area contributed by atoms with Crippen LogP contribution in [0.5, 0.6) is 0 Å². The average molecular weight is 297 g/mol. The summed E-state index contributed by atoms with van der Waals surface area (Å²) in [6.07, 6.45) is 0. The third kappa shape index (κ3) is 2.02. The minimum atomic E-state index is -1.45. The van der Waals surface area contributed by atoms with Gasteiger partial charge in [-0.05, 0) is 4.92 Å². The summed E-state index contributed by atoms with van der Waals surface area (Å²) in [5.74, 6) is -2.42. The van der Waals surface area contributed by atoms with Crippen molar-refractivity contribution in [2.45, 2.75) is 0 Å². The van der Waals surface area contributed by atoms with Gasteiger partial charge in [-0.25, -0.2) is 0 Å². The maximum atomic E-state index is 10.4. The Morgan fingerprint density at radius 2 is 1.94 bits per heavy atom. The summed E-state index contributed by atoms with van der Waals surface area (Å²) in [5, 5.41) is 42.5. The van der Waals surface area contributed by atoms with Crippen LogP contribution in [-0.2, 0) is 0 Å². The van der Waals surface area contributed by atoms with Crippen LogP contribution in [0.3, 0.4) is 0 Å². The summed E-state index contributed by atoms with van der Waals surface area (Å²) < 4.78 is -0.300. The second-order valence-electron chi connectivity index (χ2n) is 2.18. The standard InChI is InChI=1S/C3HBrN6O6/c4-1-5-2(8(11)12)6-7(1)3(9(13)14)10(15)16/h(H,13,14). The van der Waals surface area contributed by atoms with Crippen LogP contribution < -0.4 is 0 Å². The van der Waals surface area contributed by atoms with Crippen LogP contribution in [0.15, 0.2) is 4.73 Å². The summed E-state index contributed by atoms with van der Waals surface area (Å²) in [6, 6.07) is 0. The highest BCUT2D eigenvalue weighted by molar-refractivity contribution is 9.10. The van der Waals surface area contributed by atoms with Crippen molar-refractivity contribution in [2.24, 2.45) is 0 Å². The molecule has 1 aromatic rings. The highest BCUT2D eigenvalue weighted by Gasteiger charge is 2.41.